The Kier molecular flexibility index (Phi) is 3.08. The second kappa shape index (κ2) is 4.09. The summed E-state index contributed by atoms with van der Waals surface area (Å²) in [5.74, 6) is 0.784. The predicted octanol–water partition coefficient (Wildman–Crippen LogP) is 1.73. The Bertz CT molecular complexity index is 250. The first-order chi connectivity index (χ1) is 5.79. The monoisotopic (exact) mass is 167 g/mol. The summed E-state index contributed by atoms with van der Waals surface area (Å²) in [7, 11) is 1.61. The third-order valence-corrected chi connectivity index (χ3v) is 1.80. The van der Waals surface area contributed by atoms with Crippen molar-refractivity contribution < 1.29 is 9.94 Å². The molecule has 0 aromatic heterocycles. The molecule has 1 atom stereocenters. The van der Waals surface area contributed by atoms with Gasteiger partial charge in [-0.15, -0.1) is 0 Å². The minimum Gasteiger partial charge on any atom is -0.496 e. The van der Waals surface area contributed by atoms with Crippen LogP contribution in [0.2, 0.25) is 0 Å². The Morgan fingerprint density at radius 2 is 2.08 bits per heavy atom. The van der Waals surface area contributed by atoms with E-state index >= 15 is 0 Å². The van der Waals surface area contributed by atoms with E-state index in [1.54, 1.807) is 7.11 Å². The van der Waals surface area contributed by atoms with Gasteiger partial charge in [-0.25, -0.2) is 0 Å². The highest BCUT2D eigenvalue weighted by atomic mass is 16.5. The van der Waals surface area contributed by atoms with Crippen molar-refractivity contribution in [1.82, 2.24) is 5.48 Å². The summed E-state index contributed by atoms with van der Waals surface area (Å²) in [6.45, 7) is 1.86. The number of rotatable bonds is 3. The molecule has 0 fully saturated rings. The van der Waals surface area contributed by atoms with Gasteiger partial charge in [0, 0.05) is 5.56 Å². The van der Waals surface area contributed by atoms with Crippen LogP contribution in [0.4, 0.5) is 0 Å². The number of benzene rings is 1. The van der Waals surface area contributed by atoms with Gasteiger partial charge in [0.15, 0.2) is 0 Å². The molecular formula is C9H13NO2. The van der Waals surface area contributed by atoms with Gasteiger partial charge in [-0.2, -0.15) is 5.48 Å². The molecule has 3 heteroatoms. The van der Waals surface area contributed by atoms with Gasteiger partial charge in [-0.1, -0.05) is 18.2 Å². The molecule has 3 nitrogen and oxygen atoms in total. The van der Waals surface area contributed by atoms with Crippen molar-refractivity contribution in [3.63, 3.8) is 0 Å². The summed E-state index contributed by atoms with van der Waals surface area (Å²) in [6.07, 6.45) is 0. The normalized spacial score (nSPS) is 12.6. The summed E-state index contributed by atoms with van der Waals surface area (Å²) in [6, 6.07) is 7.47. The van der Waals surface area contributed by atoms with Crippen LogP contribution in [0.15, 0.2) is 24.3 Å². The average Bonchev–Trinajstić information content (AvgIpc) is 2.16. The second-order valence-corrected chi connectivity index (χ2v) is 2.59. The molecule has 0 spiro atoms. The third kappa shape index (κ3) is 1.75. The minimum atomic E-state index is -0.110. The zero-order valence-corrected chi connectivity index (χ0v) is 7.24. The van der Waals surface area contributed by atoms with Gasteiger partial charge in [0.05, 0.1) is 13.2 Å². The maximum Gasteiger partial charge on any atom is 0.123 e. The zero-order valence-electron chi connectivity index (χ0n) is 7.24. The molecule has 12 heavy (non-hydrogen) atoms. The first-order valence-electron chi connectivity index (χ1n) is 3.82. The van der Waals surface area contributed by atoms with Crippen molar-refractivity contribution in [2.24, 2.45) is 0 Å². The first kappa shape index (κ1) is 9.03. The molecule has 0 unspecified atom stereocenters. The second-order valence-electron chi connectivity index (χ2n) is 2.59. The third-order valence-electron chi connectivity index (χ3n) is 1.80. The van der Waals surface area contributed by atoms with Gasteiger partial charge < -0.3 is 9.94 Å². The fourth-order valence-electron chi connectivity index (χ4n) is 1.09. The van der Waals surface area contributed by atoms with Crippen molar-refractivity contribution in [2.75, 3.05) is 7.11 Å². The van der Waals surface area contributed by atoms with Crippen molar-refractivity contribution in [1.29, 1.82) is 0 Å². The van der Waals surface area contributed by atoms with Crippen molar-refractivity contribution in [3.8, 4) is 5.75 Å². The molecule has 0 aliphatic heterocycles. The molecule has 0 saturated heterocycles. The van der Waals surface area contributed by atoms with E-state index in [0.717, 1.165) is 11.3 Å². The molecule has 0 aliphatic carbocycles. The highest BCUT2D eigenvalue weighted by Crippen LogP contribution is 2.23. The number of nitrogens with one attached hydrogen (secondary N) is 1. The molecule has 0 aliphatic rings. The Balaban J connectivity index is 2.96. The van der Waals surface area contributed by atoms with Gasteiger partial charge in [0.1, 0.15) is 5.75 Å². The number of hydroxylamine groups is 1. The Morgan fingerprint density at radius 3 is 2.67 bits per heavy atom. The van der Waals surface area contributed by atoms with E-state index in [9.17, 15) is 0 Å². The Labute approximate surface area is 71.9 Å². The quantitative estimate of drug-likeness (QED) is 0.674. The summed E-state index contributed by atoms with van der Waals surface area (Å²) in [5.41, 5.74) is 3.12. The lowest BCUT2D eigenvalue weighted by Gasteiger charge is -2.12. The Hall–Kier alpha value is -1.06. The predicted molar refractivity (Wildman–Crippen MR) is 46.3 cm³/mol. The largest absolute Gasteiger partial charge is 0.496 e. The molecule has 1 rings (SSSR count). The number of ether oxygens (including phenoxy) is 1. The lowest BCUT2D eigenvalue weighted by molar-refractivity contribution is 0.132. The fraction of sp³-hybridized carbons (Fsp3) is 0.333. The highest BCUT2D eigenvalue weighted by molar-refractivity contribution is 5.35. The first-order valence-corrected chi connectivity index (χ1v) is 3.82. The van der Waals surface area contributed by atoms with Gasteiger partial charge in [-0.05, 0) is 13.0 Å². The van der Waals surface area contributed by atoms with Gasteiger partial charge in [-0.3, -0.25) is 0 Å². The van der Waals surface area contributed by atoms with Gasteiger partial charge in [0.2, 0.25) is 0 Å². The molecule has 1 aromatic rings. The standard InChI is InChI=1S/C9H13NO2/c1-7(10-11)8-5-3-4-6-9(8)12-2/h3-7,10-11H,1-2H3/t7-/m0/s1. The van der Waals surface area contributed by atoms with Crippen LogP contribution in [0, 0.1) is 0 Å². The molecule has 0 radical (unpaired) electrons. The molecule has 0 heterocycles. The van der Waals surface area contributed by atoms with Gasteiger partial charge in [0.25, 0.3) is 0 Å². The maximum atomic E-state index is 8.70. The van der Waals surface area contributed by atoms with Crippen LogP contribution in [0.1, 0.15) is 18.5 Å². The van der Waals surface area contributed by atoms with E-state index in [1.807, 2.05) is 31.2 Å². The maximum absolute atomic E-state index is 8.70. The van der Waals surface area contributed by atoms with E-state index in [0.29, 0.717) is 0 Å². The summed E-state index contributed by atoms with van der Waals surface area (Å²) >= 11 is 0. The van der Waals surface area contributed by atoms with E-state index in [-0.39, 0.29) is 6.04 Å². The number of methoxy groups -OCH3 is 1. The molecule has 2 N–H and O–H groups in total. The van der Waals surface area contributed by atoms with Crippen molar-refractivity contribution >= 4 is 0 Å². The molecule has 0 amide bonds. The zero-order chi connectivity index (χ0) is 8.97. The molecular weight excluding hydrogens is 154 g/mol. The fourth-order valence-corrected chi connectivity index (χ4v) is 1.09. The van der Waals surface area contributed by atoms with E-state index in [4.69, 9.17) is 9.94 Å². The SMILES string of the molecule is COc1ccccc1[C@H](C)NO. The van der Waals surface area contributed by atoms with Crippen LogP contribution in [0.25, 0.3) is 0 Å². The minimum absolute atomic E-state index is 0.110. The lowest BCUT2D eigenvalue weighted by Crippen LogP contribution is -2.13. The van der Waals surface area contributed by atoms with Crippen LogP contribution in [0.3, 0.4) is 0 Å². The highest BCUT2D eigenvalue weighted by Gasteiger charge is 2.08. The van der Waals surface area contributed by atoms with Gasteiger partial charge >= 0.3 is 0 Å². The number of para-hydroxylation sites is 1. The number of hydrogen-bond acceptors (Lipinski definition) is 3. The number of hydrogen-bond donors (Lipinski definition) is 2. The summed E-state index contributed by atoms with van der Waals surface area (Å²) in [5, 5.41) is 8.70. The summed E-state index contributed by atoms with van der Waals surface area (Å²) < 4.78 is 5.12. The van der Waals surface area contributed by atoms with Crippen molar-refractivity contribution in [3.05, 3.63) is 29.8 Å². The van der Waals surface area contributed by atoms with Crippen LogP contribution in [-0.4, -0.2) is 12.3 Å². The average molecular weight is 167 g/mol. The van der Waals surface area contributed by atoms with Crippen LogP contribution in [-0.2, 0) is 0 Å². The van der Waals surface area contributed by atoms with E-state index in [2.05, 4.69) is 5.48 Å². The smallest absolute Gasteiger partial charge is 0.123 e. The van der Waals surface area contributed by atoms with Crippen molar-refractivity contribution in [2.45, 2.75) is 13.0 Å². The molecule has 1 aromatic carbocycles. The molecule has 0 bridgehead atoms. The summed E-state index contributed by atoms with van der Waals surface area (Å²) in [4.78, 5) is 0. The molecule has 66 valence electrons. The van der Waals surface area contributed by atoms with E-state index < -0.39 is 0 Å². The topological polar surface area (TPSA) is 41.5 Å². The lowest BCUT2D eigenvalue weighted by atomic mass is 10.1. The van der Waals surface area contributed by atoms with Crippen LogP contribution < -0.4 is 10.2 Å². The van der Waals surface area contributed by atoms with Crippen LogP contribution >= 0.6 is 0 Å². The molecule has 0 saturated carbocycles. The van der Waals surface area contributed by atoms with E-state index in [1.165, 1.54) is 0 Å². The Morgan fingerprint density at radius 1 is 1.42 bits per heavy atom. The van der Waals surface area contributed by atoms with Crippen LogP contribution in [0.5, 0.6) is 5.75 Å².